The first-order valence-corrected chi connectivity index (χ1v) is 4.89. The monoisotopic (exact) mass is 266 g/mol. The van der Waals surface area contributed by atoms with E-state index in [4.69, 9.17) is 0 Å². The van der Waals surface area contributed by atoms with Gasteiger partial charge in [-0.25, -0.2) is 9.18 Å². The van der Waals surface area contributed by atoms with Gasteiger partial charge in [-0.2, -0.15) is 13.2 Å². The van der Waals surface area contributed by atoms with E-state index in [1.807, 2.05) is 0 Å². The van der Waals surface area contributed by atoms with Crippen LogP contribution in [0.15, 0.2) is 18.2 Å². The molecule has 0 saturated heterocycles. The van der Waals surface area contributed by atoms with Gasteiger partial charge in [0.1, 0.15) is 12.4 Å². The summed E-state index contributed by atoms with van der Waals surface area (Å²) in [7, 11) is 1.34. The lowest BCUT2D eigenvalue weighted by Gasteiger charge is -2.12. The fraction of sp³-hybridized carbons (Fsp3) is 0.364. The number of rotatable bonds is 4. The van der Waals surface area contributed by atoms with E-state index in [0.29, 0.717) is 18.2 Å². The number of hydrogen-bond donors (Lipinski definition) is 0. The van der Waals surface area contributed by atoms with Crippen LogP contribution in [0.25, 0.3) is 0 Å². The predicted molar refractivity (Wildman–Crippen MR) is 53.6 cm³/mol. The fourth-order valence-corrected chi connectivity index (χ4v) is 1.23. The van der Waals surface area contributed by atoms with Gasteiger partial charge >= 0.3 is 12.1 Å². The summed E-state index contributed by atoms with van der Waals surface area (Å²) in [6, 6.07) is 1.63. The van der Waals surface area contributed by atoms with Gasteiger partial charge in [-0.05, 0) is 18.2 Å². The van der Waals surface area contributed by atoms with Crippen LogP contribution >= 0.6 is 0 Å². The van der Waals surface area contributed by atoms with E-state index in [1.165, 1.54) is 7.11 Å². The molecule has 3 nitrogen and oxygen atoms in total. The number of hydrogen-bond acceptors (Lipinski definition) is 3. The second kappa shape index (κ2) is 5.81. The number of alkyl halides is 3. The Morgan fingerprint density at radius 3 is 2.50 bits per heavy atom. The molecule has 0 aliphatic carbocycles. The highest BCUT2D eigenvalue weighted by molar-refractivity contribution is 5.91. The van der Waals surface area contributed by atoms with E-state index >= 15 is 0 Å². The molecule has 0 heterocycles. The first-order valence-electron chi connectivity index (χ1n) is 4.89. The summed E-state index contributed by atoms with van der Waals surface area (Å²) in [5.74, 6) is -2.18. The molecule has 0 amide bonds. The third-order valence-electron chi connectivity index (χ3n) is 2.03. The van der Waals surface area contributed by atoms with Gasteiger partial charge in [0.15, 0.2) is 0 Å². The van der Waals surface area contributed by atoms with Gasteiger partial charge in [-0.15, -0.1) is 0 Å². The summed E-state index contributed by atoms with van der Waals surface area (Å²) in [6.45, 7) is -0.161. The van der Waals surface area contributed by atoms with Crippen molar-refractivity contribution in [2.24, 2.45) is 0 Å². The molecule has 1 rings (SSSR count). The van der Waals surface area contributed by atoms with Gasteiger partial charge in [0.05, 0.1) is 17.7 Å². The fourth-order valence-electron chi connectivity index (χ4n) is 1.23. The maximum Gasteiger partial charge on any atom is 0.417 e. The minimum atomic E-state index is -4.75. The molecule has 7 heteroatoms. The van der Waals surface area contributed by atoms with E-state index in [2.05, 4.69) is 9.47 Å². The second-order valence-corrected chi connectivity index (χ2v) is 3.32. The number of methoxy groups -OCH3 is 1. The Morgan fingerprint density at radius 2 is 1.94 bits per heavy atom. The van der Waals surface area contributed by atoms with Crippen molar-refractivity contribution in [3.8, 4) is 0 Å². The van der Waals surface area contributed by atoms with Crippen LogP contribution in [0.5, 0.6) is 0 Å². The number of carbonyl (C=O) groups is 1. The summed E-state index contributed by atoms with van der Waals surface area (Å²) in [5, 5.41) is 0. The second-order valence-electron chi connectivity index (χ2n) is 3.32. The van der Waals surface area contributed by atoms with Crippen molar-refractivity contribution in [3.63, 3.8) is 0 Å². The summed E-state index contributed by atoms with van der Waals surface area (Å²) in [6.07, 6.45) is -4.75. The molecule has 0 atom stereocenters. The number of ether oxygens (including phenoxy) is 2. The van der Waals surface area contributed by atoms with Gasteiger partial charge in [-0.3, -0.25) is 0 Å². The summed E-state index contributed by atoms with van der Waals surface area (Å²) in [4.78, 5) is 11.4. The molecule has 0 spiro atoms. The molecule has 0 unspecified atom stereocenters. The predicted octanol–water partition coefficient (Wildman–Crippen LogP) is 2.65. The molecule has 100 valence electrons. The van der Waals surface area contributed by atoms with E-state index in [-0.39, 0.29) is 13.2 Å². The lowest BCUT2D eigenvalue weighted by atomic mass is 10.1. The van der Waals surface area contributed by atoms with E-state index < -0.39 is 29.1 Å². The Labute approximate surface area is 100 Å². The molecule has 1 aromatic rings. The third kappa shape index (κ3) is 3.69. The average molecular weight is 266 g/mol. The standard InChI is InChI=1S/C11H10F4O3/c1-17-4-5-18-10(16)8-6-7(12)2-3-9(8)11(13,14)15/h2-3,6H,4-5H2,1H3. The van der Waals surface area contributed by atoms with Gasteiger partial charge in [0.25, 0.3) is 0 Å². The van der Waals surface area contributed by atoms with Gasteiger partial charge in [0.2, 0.25) is 0 Å². The summed E-state index contributed by atoms with van der Waals surface area (Å²) >= 11 is 0. The van der Waals surface area contributed by atoms with E-state index in [0.717, 1.165) is 0 Å². The quantitative estimate of drug-likeness (QED) is 0.477. The third-order valence-corrected chi connectivity index (χ3v) is 2.03. The number of carbonyl (C=O) groups excluding carboxylic acids is 1. The van der Waals surface area contributed by atoms with E-state index in [9.17, 15) is 22.4 Å². The molecule has 0 bridgehead atoms. The van der Waals surface area contributed by atoms with Crippen LogP contribution in [-0.4, -0.2) is 26.3 Å². The van der Waals surface area contributed by atoms with E-state index in [1.54, 1.807) is 0 Å². The molecule has 0 aliphatic rings. The average Bonchev–Trinajstić information content (AvgIpc) is 2.27. The summed E-state index contributed by atoms with van der Waals surface area (Å²) in [5.41, 5.74) is -2.08. The zero-order valence-electron chi connectivity index (χ0n) is 9.38. The molecule has 18 heavy (non-hydrogen) atoms. The number of benzene rings is 1. The zero-order chi connectivity index (χ0) is 13.8. The molecule has 1 aromatic carbocycles. The lowest BCUT2D eigenvalue weighted by Crippen LogP contribution is -2.17. The molecular formula is C11H10F4O3. The van der Waals surface area contributed by atoms with Gasteiger partial charge in [0, 0.05) is 7.11 Å². The highest BCUT2D eigenvalue weighted by atomic mass is 19.4. The van der Waals surface area contributed by atoms with Crippen molar-refractivity contribution in [1.82, 2.24) is 0 Å². The molecule has 0 aliphatic heterocycles. The van der Waals surface area contributed by atoms with Gasteiger partial charge in [-0.1, -0.05) is 0 Å². The molecule has 0 N–H and O–H groups in total. The molecule has 0 aromatic heterocycles. The Kier molecular flexibility index (Phi) is 4.66. The highest BCUT2D eigenvalue weighted by Gasteiger charge is 2.35. The van der Waals surface area contributed by atoms with Crippen molar-refractivity contribution in [1.29, 1.82) is 0 Å². The maximum absolute atomic E-state index is 12.9. The maximum atomic E-state index is 12.9. The molecule has 0 fully saturated rings. The van der Waals surface area contributed by atoms with Crippen molar-refractivity contribution in [2.45, 2.75) is 6.18 Å². The van der Waals surface area contributed by atoms with Gasteiger partial charge < -0.3 is 9.47 Å². The molecular weight excluding hydrogens is 256 g/mol. The van der Waals surface area contributed by atoms with Crippen LogP contribution in [0.3, 0.4) is 0 Å². The van der Waals surface area contributed by atoms with Crippen molar-refractivity contribution < 1.29 is 31.8 Å². The van der Waals surface area contributed by atoms with Crippen LogP contribution in [0.4, 0.5) is 17.6 Å². The Morgan fingerprint density at radius 1 is 1.28 bits per heavy atom. The highest BCUT2D eigenvalue weighted by Crippen LogP contribution is 2.32. The Hall–Kier alpha value is -1.63. The van der Waals surface area contributed by atoms with Crippen LogP contribution in [0, 0.1) is 5.82 Å². The Balaban J connectivity index is 2.98. The number of esters is 1. The van der Waals surface area contributed by atoms with Crippen LogP contribution in [0.1, 0.15) is 15.9 Å². The molecule has 0 radical (unpaired) electrons. The molecule has 0 saturated carbocycles. The lowest BCUT2D eigenvalue weighted by molar-refractivity contribution is -0.138. The van der Waals surface area contributed by atoms with Crippen LogP contribution in [0.2, 0.25) is 0 Å². The number of halogens is 4. The normalized spacial score (nSPS) is 11.4. The minimum absolute atomic E-state index is 0.0441. The zero-order valence-corrected chi connectivity index (χ0v) is 9.38. The minimum Gasteiger partial charge on any atom is -0.460 e. The topological polar surface area (TPSA) is 35.5 Å². The Bertz CT molecular complexity index is 429. The smallest absolute Gasteiger partial charge is 0.417 e. The summed E-state index contributed by atoms with van der Waals surface area (Å²) < 4.78 is 59.7. The SMILES string of the molecule is COCCOC(=O)c1cc(F)ccc1C(F)(F)F. The van der Waals surface area contributed by atoms with Crippen LogP contribution < -0.4 is 0 Å². The first-order chi connectivity index (χ1) is 8.36. The van der Waals surface area contributed by atoms with Crippen LogP contribution in [-0.2, 0) is 15.7 Å². The van der Waals surface area contributed by atoms with Crippen molar-refractivity contribution in [3.05, 3.63) is 35.1 Å². The van der Waals surface area contributed by atoms with Crippen molar-refractivity contribution in [2.75, 3.05) is 20.3 Å². The first kappa shape index (κ1) is 14.4. The largest absolute Gasteiger partial charge is 0.460 e. The van der Waals surface area contributed by atoms with Crippen molar-refractivity contribution >= 4 is 5.97 Å².